The highest BCUT2D eigenvalue weighted by Crippen LogP contribution is 2.55. The van der Waals surface area contributed by atoms with Crippen LogP contribution in [0.1, 0.15) is 106 Å². The number of aromatic nitrogens is 1. The van der Waals surface area contributed by atoms with Crippen molar-refractivity contribution < 1.29 is 0 Å². The largest absolute Gasteiger partial charge is 0.344 e. The fraction of sp³-hybridized carbons (Fsp3) is 0.362. The predicted molar refractivity (Wildman–Crippen MR) is 207 cm³/mol. The van der Waals surface area contributed by atoms with E-state index in [1.165, 1.54) is 124 Å². The van der Waals surface area contributed by atoms with Crippen LogP contribution in [0.3, 0.4) is 0 Å². The van der Waals surface area contributed by atoms with Crippen LogP contribution in [0.2, 0.25) is 0 Å². The van der Waals surface area contributed by atoms with Crippen molar-refractivity contribution in [2.75, 3.05) is 4.90 Å². The third kappa shape index (κ3) is 4.52. The summed E-state index contributed by atoms with van der Waals surface area (Å²) in [6, 6.07) is 40.3. The first-order chi connectivity index (χ1) is 24.0. The number of para-hydroxylation sites is 1. The van der Waals surface area contributed by atoms with Crippen LogP contribution in [-0.4, -0.2) is 4.57 Å². The highest BCUT2D eigenvalue weighted by Gasteiger charge is 2.40. The number of hydrogen-bond donors (Lipinski definition) is 0. The minimum absolute atomic E-state index is 0.103. The Kier molecular flexibility index (Phi) is 6.71. The van der Waals surface area contributed by atoms with E-state index in [0.717, 1.165) is 17.8 Å². The molecule has 0 saturated heterocycles. The van der Waals surface area contributed by atoms with E-state index < -0.39 is 0 Å². The fourth-order valence-electron chi connectivity index (χ4n) is 10.9. The van der Waals surface area contributed by atoms with Crippen molar-refractivity contribution in [2.24, 2.45) is 18.9 Å². The molecule has 3 atom stereocenters. The predicted octanol–water partition coefficient (Wildman–Crippen LogP) is 13.1. The van der Waals surface area contributed by atoms with Crippen LogP contribution in [0.25, 0.3) is 32.9 Å². The zero-order valence-corrected chi connectivity index (χ0v) is 29.4. The number of fused-ring (bicyclic) bond motifs is 9. The number of aryl methyl sites for hydroxylation is 1. The molecule has 4 aliphatic carbocycles. The zero-order chi connectivity index (χ0) is 32.9. The van der Waals surface area contributed by atoms with E-state index in [9.17, 15) is 0 Å². The van der Waals surface area contributed by atoms with Crippen LogP contribution >= 0.6 is 0 Å². The van der Waals surface area contributed by atoms with Gasteiger partial charge in [-0.3, -0.25) is 0 Å². The molecular formula is C47H48N2. The monoisotopic (exact) mass is 640 g/mol. The molecular weight excluding hydrogens is 593 g/mol. The van der Waals surface area contributed by atoms with Crippen LogP contribution in [0.4, 0.5) is 17.1 Å². The van der Waals surface area contributed by atoms with Crippen LogP contribution in [0.5, 0.6) is 0 Å². The van der Waals surface area contributed by atoms with Gasteiger partial charge in [0.25, 0.3) is 0 Å². The van der Waals surface area contributed by atoms with Gasteiger partial charge in [0, 0.05) is 51.3 Å². The summed E-state index contributed by atoms with van der Waals surface area (Å²) in [7, 11) is 2.21. The molecule has 6 aromatic rings. The summed E-state index contributed by atoms with van der Waals surface area (Å²) >= 11 is 0. The van der Waals surface area contributed by atoms with Crippen molar-refractivity contribution >= 4 is 38.9 Å². The van der Waals surface area contributed by atoms with Gasteiger partial charge in [-0.2, -0.15) is 0 Å². The lowest BCUT2D eigenvalue weighted by molar-refractivity contribution is 0.420. The Morgan fingerprint density at radius 2 is 1.35 bits per heavy atom. The number of hydrogen-bond acceptors (Lipinski definition) is 1. The second kappa shape index (κ2) is 11.1. The second-order valence-electron chi connectivity index (χ2n) is 16.4. The summed E-state index contributed by atoms with van der Waals surface area (Å²) in [6.07, 6.45) is 12.5. The molecule has 246 valence electrons. The lowest BCUT2D eigenvalue weighted by Crippen LogP contribution is -2.16. The molecule has 1 aromatic heterocycles. The van der Waals surface area contributed by atoms with E-state index in [1.54, 1.807) is 5.56 Å². The summed E-state index contributed by atoms with van der Waals surface area (Å²) in [4.78, 5) is 2.52. The molecule has 3 fully saturated rings. The van der Waals surface area contributed by atoms with E-state index in [2.05, 4.69) is 133 Å². The quantitative estimate of drug-likeness (QED) is 0.182. The molecule has 1 heterocycles. The smallest absolute Gasteiger partial charge is 0.0495 e. The van der Waals surface area contributed by atoms with Crippen molar-refractivity contribution in [1.29, 1.82) is 0 Å². The maximum atomic E-state index is 2.52. The third-order valence-corrected chi connectivity index (χ3v) is 13.5. The Hall–Kier alpha value is -4.30. The Bertz CT molecular complexity index is 2210. The van der Waals surface area contributed by atoms with E-state index in [1.807, 2.05) is 0 Å². The van der Waals surface area contributed by atoms with Crippen LogP contribution in [0.15, 0.2) is 103 Å². The molecule has 3 saturated carbocycles. The maximum Gasteiger partial charge on any atom is 0.0495 e. The van der Waals surface area contributed by atoms with Crippen LogP contribution < -0.4 is 4.90 Å². The molecule has 49 heavy (non-hydrogen) atoms. The average Bonchev–Trinajstić information content (AvgIpc) is 3.91. The van der Waals surface area contributed by atoms with E-state index >= 15 is 0 Å². The zero-order valence-electron chi connectivity index (χ0n) is 29.4. The van der Waals surface area contributed by atoms with Gasteiger partial charge in [-0.25, -0.2) is 0 Å². The van der Waals surface area contributed by atoms with Gasteiger partial charge in [0.05, 0.1) is 0 Å². The molecule has 0 aliphatic heterocycles. The van der Waals surface area contributed by atoms with E-state index in [0.29, 0.717) is 5.92 Å². The first kappa shape index (κ1) is 29.6. The first-order valence-corrected chi connectivity index (χ1v) is 19.1. The Balaban J connectivity index is 1.09. The lowest BCUT2D eigenvalue weighted by Gasteiger charge is -2.29. The Morgan fingerprint density at radius 3 is 2.06 bits per heavy atom. The number of nitrogens with zero attached hydrogens (tertiary/aromatic N) is 2. The van der Waals surface area contributed by atoms with Crippen molar-refractivity contribution in [3.63, 3.8) is 0 Å². The topological polar surface area (TPSA) is 8.17 Å². The molecule has 0 radical (unpaired) electrons. The standard InChI is InChI=1S/C47H48N2/c1-47(2)41-25-26-44-46(39-11-7-8-12-43(39)48(44)3)45(41)38-24-23-37(29-42(38)47)49(35-19-15-32(16-20-35)31-9-5-4-6-10-31)36-21-17-33(18-22-36)40-28-30-13-14-34(40)27-30/h7-8,11-12,15-26,29-31,34,40H,4-6,9-10,13-14,27-28H2,1-3H3. The van der Waals surface area contributed by atoms with Gasteiger partial charge in [-0.1, -0.05) is 94.1 Å². The van der Waals surface area contributed by atoms with Crippen LogP contribution in [0, 0.1) is 11.8 Å². The summed E-state index contributed by atoms with van der Waals surface area (Å²) in [5, 5.41) is 2.74. The molecule has 3 unspecified atom stereocenters. The van der Waals surface area contributed by atoms with Crippen LogP contribution in [-0.2, 0) is 12.5 Å². The summed E-state index contributed by atoms with van der Waals surface area (Å²) in [5.74, 6) is 3.32. The maximum absolute atomic E-state index is 2.52. The summed E-state index contributed by atoms with van der Waals surface area (Å²) in [5.41, 5.74) is 15.0. The first-order valence-electron chi connectivity index (χ1n) is 19.1. The fourth-order valence-corrected chi connectivity index (χ4v) is 10.9. The molecule has 4 aliphatic rings. The molecule has 0 amide bonds. The summed E-state index contributed by atoms with van der Waals surface area (Å²) < 4.78 is 2.36. The number of rotatable bonds is 5. The van der Waals surface area contributed by atoms with E-state index in [-0.39, 0.29) is 5.41 Å². The second-order valence-corrected chi connectivity index (χ2v) is 16.4. The molecule has 0 spiro atoms. The van der Waals surface area contributed by atoms with E-state index in [4.69, 9.17) is 0 Å². The van der Waals surface area contributed by atoms with Crippen molar-refractivity contribution in [2.45, 2.75) is 88.9 Å². The molecule has 10 rings (SSSR count). The lowest BCUT2D eigenvalue weighted by atomic mass is 9.82. The number of benzene rings is 5. The average molecular weight is 641 g/mol. The van der Waals surface area contributed by atoms with Crippen molar-refractivity contribution in [1.82, 2.24) is 4.57 Å². The Labute approximate surface area is 291 Å². The van der Waals surface area contributed by atoms with Crippen molar-refractivity contribution in [3.8, 4) is 11.1 Å². The highest BCUT2D eigenvalue weighted by molar-refractivity contribution is 6.17. The number of anilines is 3. The van der Waals surface area contributed by atoms with Gasteiger partial charge >= 0.3 is 0 Å². The molecule has 2 nitrogen and oxygen atoms in total. The van der Waals surface area contributed by atoms with Gasteiger partial charge in [0.2, 0.25) is 0 Å². The van der Waals surface area contributed by atoms with Gasteiger partial charge in [0.15, 0.2) is 0 Å². The van der Waals surface area contributed by atoms with Crippen molar-refractivity contribution in [3.05, 3.63) is 125 Å². The highest BCUT2D eigenvalue weighted by atomic mass is 15.1. The molecule has 2 heteroatoms. The molecule has 5 aromatic carbocycles. The SMILES string of the molecule is Cn1c2ccccc2c2c3c(ccc21)C(C)(C)c1cc(N(c2ccc(C4CCCCC4)cc2)c2ccc(C4CC5CCC4C5)cc2)ccc1-3. The summed E-state index contributed by atoms with van der Waals surface area (Å²) in [6.45, 7) is 4.84. The minimum Gasteiger partial charge on any atom is -0.344 e. The van der Waals surface area contributed by atoms with Gasteiger partial charge in [-0.05, 0) is 138 Å². The Morgan fingerprint density at radius 1 is 0.633 bits per heavy atom. The molecule has 0 N–H and O–H groups in total. The third-order valence-electron chi connectivity index (χ3n) is 13.5. The normalized spacial score (nSPS) is 22.6. The minimum atomic E-state index is -0.103. The van der Waals surface area contributed by atoms with Gasteiger partial charge in [0.1, 0.15) is 0 Å². The van der Waals surface area contributed by atoms with Gasteiger partial charge < -0.3 is 9.47 Å². The van der Waals surface area contributed by atoms with Gasteiger partial charge in [-0.15, -0.1) is 0 Å². The molecule has 2 bridgehead atoms.